The van der Waals surface area contributed by atoms with E-state index in [9.17, 15) is 9.59 Å². The first-order valence-corrected chi connectivity index (χ1v) is 6.95. The van der Waals surface area contributed by atoms with Crippen molar-refractivity contribution in [1.29, 1.82) is 0 Å². The van der Waals surface area contributed by atoms with Crippen molar-refractivity contribution in [2.75, 3.05) is 30.7 Å². The van der Waals surface area contributed by atoms with E-state index < -0.39 is 0 Å². The standard InChI is InChI=1S/C13H14N6O4/c1-22-12-14-8-6(10(20)16-12)3-19-5-18(8)4-7-9(19)15-13(23-2)17-11(7)21/h3-5H2,1-2H3,(H,14,16,20)(H,15,17,21). The summed E-state index contributed by atoms with van der Waals surface area (Å²) >= 11 is 0. The molecular weight excluding hydrogens is 304 g/mol. The average molecular weight is 318 g/mol. The van der Waals surface area contributed by atoms with E-state index in [1.165, 1.54) is 14.2 Å². The summed E-state index contributed by atoms with van der Waals surface area (Å²) in [6, 6.07) is 0.296. The number of hydrogen-bond donors (Lipinski definition) is 2. The maximum Gasteiger partial charge on any atom is 0.298 e. The molecule has 0 spiro atoms. The Bertz CT molecular complexity index is 831. The predicted octanol–water partition coefficient (Wildman–Crippen LogP) is -0.832. The van der Waals surface area contributed by atoms with Crippen LogP contribution in [0.5, 0.6) is 12.0 Å². The highest BCUT2D eigenvalue weighted by atomic mass is 16.5. The number of H-pyrrole nitrogens is 2. The fourth-order valence-corrected chi connectivity index (χ4v) is 2.90. The monoisotopic (exact) mass is 318 g/mol. The van der Waals surface area contributed by atoms with Crippen molar-refractivity contribution < 1.29 is 9.47 Å². The molecule has 0 radical (unpaired) electrons. The summed E-state index contributed by atoms with van der Waals surface area (Å²) in [4.78, 5) is 42.0. The van der Waals surface area contributed by atoms with Gasteiger partial charge in [-0.1, -0.05) is 0 Å². The molecule has 4 rings (SSSR count). The Kier molecular flexibility index (Phi) is 2.80. The second-order valence-electron chi connectivity index (χ2n) is 5.29. The van der Waals surface area contributed by atoms with E-state index in [4.69, 9.17) is 9.47 Å². The highest BCUT2D eigenvalue weighted by molar-refractivity contribution is 5.61. The van der Waals surface area contributed by atoms with E-state index in [1.54, 1.807) is 0 Å². The summed E-state index contributed by atoms with van der Waals surface area (Å²) in [6.45, 7) is 1.11. The number of ether oxygens (including phenoxy) is 2. The zero-order valence-corrected chi connectivity index (χ0v) is 12.5. The molecule has 2 bridgehead atoms. The summed E-state index contributed by atoms with van der Waals surface area (Å²) < 4.78 is 10.0. The molecule has 4 heterocycles. The third-order valence-corrected chi connectivity index (χ3v) is 3.97. The van der Waals surface area contributed by atoms with Crippen molar-refractivity contribution in [3.8, 4) is 12.0 Å². The molecule has 2 aromatic heterocycles. The molecule has 0 atom stereocenters. The van der Waals surface area contributed by atoms with Gasteiger partial charge < -0.3 is 19.3 Å². The molecule has 0 unspecified atom stereocenters. The van der Waals surface area contributed by atoms with Crippen LogP contribution in [0.15, 0.2) is 9.59 Å². The van der Waals surface area contributed by atoms with Crippen LogP contribution < -0.4 is 30.4 Å². The van der Waals surface area contributed by atoms with Gasteiger partial charge in [0.1, 0.15) is 11.6 Å². The average Bonchev–Trinajstić information content (AvgIpc) is 2.56. The van der Waals surface area contributed by atoms with E-state index in [0.717, 1.165) is 0 Å². The van der Waals surface area contributed by atoms with Crippen LogP contribution >= 0.6 is 0 Å². The number of nitrogens with zero attached hydrogens (tertiary/aromatic N) is 4. The minimum absolute atomic E-state index is 0.148. The molecule has 10 nitrogen and oxygen atoms in total. The number of nitrogens with one attached hydrogen (secondary N) is 2. The summed E-state index contributed by atoms with van der Waals surface area (Å²) in [5, 5.41) is 0. The molecule has 0 aromatic carbocycles. The van der Waals surface area contributed by atoms with Crippen LogP contribution in [-0.2, 0) is 13.1 Å². The fourth-order valence-electron chi connectivity index (χ4n) is 2.90. The number of rotatable bonds is 2. The van der Waals surface area contributed by atoms with Gasteiger partial charge in [0, 0.05) is 0 Å². The summed E-state index contributed by atoms with van der Waals surface area (Å²) in [5.74, 6) is 1.06. The number of aromatic amines is 2. The van der Waals surface area contributed by atoms with Crippen LogP contribution in [0.2, 0.25) is 0 Å². The maximum atomic E-state index is 12.2. The van der Waals surface area contributed by atoms with Crippen molar-refractivity contribution in [1.82, 2.24) is 19.9 Å². The van der Waals surface area contributed by atoms with Crippen molar-refractivity contribution in [2.45, 2.75) is 13.1 Å². The van der Waals surface area contributed by atoms with Gasteiger partial charge in [-0.15, -0.1) is 0 Å². The number of methoxy groups -OCH3 is 2. The number of anilines is 2. The zero-order valence-electron chi connectivity index (χ0n) is 12.5. The first-order valence-electron chi connectivity index (χ1n) is 6.95. The van der Waals surface area contributed by atoms with Gasteiger partial charge in [0.25, 0.3) is 23.1 Å². The molecule has 0 aliphatic carbocycles. The molecule has 0 saturated heterocycles. The molecule has 120 valence electrons. The first-order chi connectivity index (χ1) is 11.1. The lowest BCUT2D eigenvalue weighted by atomic mass is 10.1. The Balaban J connectivity index is 1.87. The molecule has 2 aliphatic heterocycles. The van der Waals surface area contributed by atoms with Gasteiger partial charge in [-0.2, -0.15) is 9.97 Å². The Labute approximate surface area is 129 Å². The van der Waals surface area contributed by atoms with Crippen LogP contribution in [0.4, 0.5) is 11.6 Å². The second-order valence-corrected chi connectivity index (χ2v) is 5.29. The highest BCUT2D eigenvalue weighted by Gasteiger charge is 2.35. The zero-order chi connectivity index (χ0) is 16.1. The largest absolute Gasteiger partial charge is 0.468 e. The van der Waals surface area contributed by atoms with Crippen molar-refractivity contribution in [2.24, 2.45) is 0 Å². The quantitative estimate of drug-likeness (QED) is 0.737. The van der Waals surface area contributed by atoms with Gasteiger partial charge in [0.2, 0.25) is 0 Å². The Hall–Kier alpha value is -3.04. The van der Waals surface area contributed by atoms with Gasteiger partial charge in [-0.3, -0.25) is 19.6 Å². The molecular formula is C13H14N6O4. The van der Waals surface area contributed by atoms with Gasteiger partial charge in [0.15, 0.2) is 0 Å². The molecule has 0 amide bonds. The lowest BCUT2D eigenvalue weighted by Crippen LogP contribution is -2.50. The first kappa shape index (κ1) is 13.6. The van der Waals surface area contributed by atoms with Crippen molar-refractivity contribution in [3.05, 3.63) is 31.8 Å². The van der Waals surface area contributed by atoms with Gasteiger partial charge in [0.05, 0.1) is 45.1 Å². The minimum Gasteiger partial charge on any atom is -0.468 e. The predicted molar refractivity (Wildman–Crippen MR) is 80.1 cm³/mol. The van der Waals surface area contributed by atoms with Crippen LogP contribution in [0.25, 0.3) is 0 Å². The normalized spacial score (nSPS) is 15.0. The summed E-state index contributed by atoms with van der Waals surface area (Å²) in [5.41, 5.74) is 0.510. The van der Waals surface area contributed by atoms with Crippen LogP contribution in [0.1, 0.15) is 11.1 Å². The highest BCUT2D eigenvalue weighted by Crippen LogP contribution is 2.33. The number of fused-ring (bicyclic) bond motifs is 6. The van der Waals surface area contributed by atoms with Gasteiger partial charge in [-0.05, 0) is 0 Å². The molecule has 2 aromatic rings. The molecule has 0 saturated carbocycles. The fraction of sp³-hybridized carbons (Fsp3) is 0.385. The van der Waals surface area contributed by atoms with Crippen LogP contribution in [0, 0.1) is 0 Å². The minimum atomic E-state index is -0.262. The summed E-state index contributed by atoms with van der Waals surface area (Å²) in [7, 11) is 2.87. The molecule has 0 fully saturated rings. The molecule has 2 aliphatic rings. The molecule has 10 heteroatoms. The van der Waals surface area contributed by atoms with Crippen LogP contribution in [-0.4, -0.2) is 40.8 Å². The lowest BCUT2D eigenvalue weighted by molar-refractivity contribution is 0.374. The third kappa shape index (κ3) is 1.94. The Morgan fingerprint density at radius 2 is 1.30 bits per heavy atom. The second kappa shape index (κ2) is 4.73. The van der Waals surface area contributed by atoms with Crippen molar-refractivity contribution in [3.63, 3.8) is 0 Å². The van der Waals surface area contributed by atoms with Gasteiger partial charge >= 0.3 is 0 Å². The maximum absolute atomic E-state index is 12.2. The van der Waals surface area contributed by atoms with E-state index in [2.05, 4.69) is 19.9 Å². The molecule has 2 N–H and O–H groups in total. The van der Waals surface area contributed by atoms with Crippen LogP contribution in [0.3, 0.4) is 0 Å². The van der Waals surface area contributed by atoms with E-state index in [-0.39, 0.29) is 23.1 Å². The Morgan fingerprint density at radius 1 is 0.870 bits per heavy atom. The van der Waals surface area contributed by atoms with Gasteiger partial charge in [-0.25, -0.2) is 0 Å². The summed E-state index contributed by atoms with van der Waals surface area (Å²) in [6.07, 6.45) is 0. The SMILES string of the molecule is COc1nc2c(c(=O)[nH]1)CN1CN2Cc2c1nc(OC)[nH]c2=O. The Morgan fingerprint density at radius 3 is 1.70 bits per heavy atom. The van der Waals surface area contributed by atoms with E-state index in [1.807, 2.05) is 9.80 Å². The van der Waals surface area contributed by atoms with E-state index >= 15 is 0 Å². The number of aromatic nitrogens is 4. The molecule has 23 heavy (non-hydrogen) atoms. The lowest BCUT2D eigenvalue weighted by Gasteiger charge is -2.42. The smallest absolute Gasteiger partial charge is 0.298 e. The number of hydrogen-bond acceptors (Lipinski definition) is 8. The van der Waals surface area contributed by atoms with E-state index in [0.29, 0.717) is 42.5 Å². The topological polar surface area (TPSA) is 116 Å². The third-order valence-electron chi connectivity index (χ3n) is 3.97. The van der Waals surface area contributed by atoms with Crippen molar-refractivity contribution >= 4 is 11.6 Å².